The molecule has 0 radical (unpaired) electrons. The quantitative estimate of drug-likeness (QED) is 0.797. The summed E-state index contributed by atoms with van der Waals surface area (Å²) in [5, 5.41) is 4.70. The van der Waals surface area contributed by atoms with Gasteiger partial charge in [0.05, 0.1) is 18.1 Å². The van der Waals surface area contributed by atoms with E-state index in [1.54, 1.807) is 24.7 Å². The monoisotopic (exact) mass is 421 g/mol. The Hall–Kier alpha value is -1.81. The SMILES string of the molecule is Cc1ccsc1S(=O)(=O)N1C[C@@H](C(=O)NCc2cccnc2)C[C@H]2OCC[C@H]21. The van der Waals surface area contributed by atoms with Gasteiger partial charge in [0, 0.05) is 32.1 Å². The van der Waals surface area contributed by atoms with Crippen molar-refractivity contribution in [1.29, 1.82) is 0 Å². The number of pyridine rings is 1. The van der Waals surface area contributed by atoms with Gasteiger partial charge in [0.1, 0.15) is 4.21 Å². The van der Waals surface area contributed by atoms with E-state index in [9.17, 15) is 13.2 Å². The van der Waals surface area contributed by atoms with E-state index in [2.05, 4.69) is 10.3 Å². The molecule has 0 spiro atoms. The van der Waals surface area contributed by atoms with Crippen molar-refractivity contribution in [2.75, 3.05) is 13.2 Å². The molecule has 9 heteroatoms. The molecule has 150 valence electrons. The first-order valence-electron chi connectivity index (χ1n) is 9.31. The number of carbonyl (C=O) groups excluding carboxylic acids is 1. The minimum absolute atomic E-state index is 0.152. The lowest BCUT2D eigenvalue weighted by molar-refractivity contribution is -0.128. The van der Waals surface area contributed by atoms with Gasteiger partial charge in [-0.05, 0) is 48.4 Å². The van der Waals surface area contributed by atoms with E-state index in [0.29, 0.717) is 30.2 Å². The molecule has 1 amide bonds. The van der Waals surface area contributed by atoms with Gasteiger partial charge >= 0.3 is 0 Å². The molecule has 2 aliphatic heterocycles. The van der Waals surface area contributed by atoms with Gasteiger partial charge in [0.2, 0.25) is 5.91 Å². The third-order valence-corrected chi connectivity index (χ3v) is 8.94. The normalized spacial score (nSPS) is 25.4. The molecule has 4 heterocycles. The number of sulfonamides is 1. The van der Waals surface area contributed by atoms with Crippen LogP contribution >= 0.6 is 11.3 Å². The molecule has 0 unspecified atom stereocenters. The summed E-state index contributed by atoms with van der Waals surface area (Å²) in [6, 6.07) is 5.31. The summed E-state index contributed by atoms with van der Waals surface area (Å²) in [6.07, 6.45) is 4.35. The van der Waals surface area contributed by atoms with Crippen molar-refractivity contribution in [3.8, 4) is 0 Å². The van der Waals surface area contributed by atoms with Crippen LogP contribution in [-0.4, -0.2) is 48.9 Å². The van der Waals surface area contributed by atoms with Crippen molar-refractivity contribution in [3.05, 3.63) is 47.1 Å². The molecule has 2 aromatic rings. The summed E-state index contributed by atoms with van der Waals surface area (Å²) in [5.41, 5.74) is 1.64. The number of carbonyl (C=O) groups is 1. The third-order valence-electron chi connectivity index (χ3n) is 5.38. The van der Waals surface area contributed by atoms with Crippen LogP contribution in [0.3, 0.4) is 0 Å². The zero-order valence-electron chi connectivity index (χ0n) is 15.6. The lowest BCUT2D eigenvalue weighted by Crippen LogP contribution is -2.54. The van der Waals surface area contributed by atoms with E-state index in [1.165, 1.54) is 15.6 Å². The minimum Gasteiger partial charge on any atom is -0.376 e. The van der Waals surface area contributed by atoms with Crippen LogP contribution in [-0.2, 0) is 26.1 Å². The Labute approximate surface area is 168 Å². The highest BCUT2D eigenvalue weighted by molar-refractivity contribution is 7.91. The highest BCUT2D eigenvalue weighted by Crippen LogP contribution is 2.37. The summed E-state index contributed by atoms with van der Waals surface area (Å²) in [7, 11) is -3.66. The molecule has 3 atom stereocenters. The van der Waals surface area contributed by atoms with E-state index in [0.717, 1.165) is 11.1 Å². The second-order valence-electron chi connectivity index (χ2n) is 7.24. The lowest BCUT2D eigenvalue weighted by atomic mass is 9.91. The fourth-order valence-corrected chi connectivity index (χ4v) is 7.18. The summed E-state index contributed by atoms with van der Waals surface area (Å²) >= 11 is 1.22. The number of nitrogens with one attached hydrogen (secondary N) is 1. The van der Waals surface area contributed by atoms with Gasteiger partial charge < -0.3 is 10.1 Å². The van der Waals surface area contributed by atoms with E-state index in [-0.39, 0.29) is 24.6 Å². The van der Waals surface area contributed by atoms with Crippen LogP contribution < -0.4 is 5.32 Å². The van der Waals surface area contributed by atoms with Crippen LogP contribution in [0.4, 0.5) is 0 Å². The van der Waals surface area contributed by atoms with Crippen molar-refractivity contribution in [1.82, 2.24) is 14.6 Å². The van der Waals surface area contributed by atoms with Crippen molar-refractivity contribution in [2.45, 2.75) is 42.7 Å². The first kappa shape index (κ1) is 19.5. The third kappa shape index (κ3) is 3.71. The topological polar surface area (TPSA) is 88.6 Å². The minimum atomic E-state index is -3.66. The maximum absolute atomic E-state index is 13.3. The maximum Gasteiger partial charge on any atom is 0.253 e. The summed E-state index contributed by atoms with van der Waals surface area (Å²) in [6.45, 7) is 2.88. The van der Waals surface area contributed by atoms with Crippen LogP contribution in [0.5, 0.6) is 0 Å². The van der Waals surface area contributed by atoms with Crippen molar-refractivity contribution in [3.63, 3.8) is 0 Å². The number of thiophene rings is 1. The smallest absolute Gasteiger partial charge is 0.253 e. The van der Waals surface area contributed by atoms with Gasteiger partial charge in [0.25, 0.3) is 10.0 Å². The number of hydrogen-bond donors (Lipinski definition) is 1. The van der Waals surface area contributed by atoms with E-state index < -0.39 is 15.9 Å². The van der Waals surface area contributed by atoms with Crippen molar-refractivity contribution < 1.29 is 17.9 Å². The zero-order chi connectivity index (χ0) is 19.7. The first-order chi connectivity index (χ1) is 13.5. The van der Waals surface area contributed by atoms with E-state index >= 15 is 0 Å². The molecule has 4 rings (SSSR count). The highest BCUT2D eigenvalue weighted by atomic mass is 32.2. The number of aryl methyl sites for hydroxylation is 1. The largest absolute Gasteiger partial charge is 0.376 e. The Morgan fingerprint density at radius 1 is 1.43 bits per heavy atom. The second-order valence-corrected chi connectivity index (χ2v) is 10.2. The van der Waals surface area contributed by atoms with E-state index in [4.69, 9.17) is 4.74 Å². The van der Waals surface area contributed by atoms with Gasteiger partial charge in [-0.25, -0.2) is 8.42 Å². The van der Waals surface area contributed by atoms with Crippen molar-refractivity contribution >= 4 is 27.3 Å². The number of fused-ring (bicyclic) bond motifs is 1. The number of aromatic nitrogens is 1. The van der Waals surface area contributed by atoms with Crippen LogP contribution in [0.1, 0.15) is 24.0 Å². The molecule has 2 saturated heterocycles. The highest BCUT2D eigenvalue weighted by Gasteiger charge is 2.47. The molecule has 0 saturated carbocycles. The average Bonchev–Trinajstić information content (AvgIpc) is 3.34. The molecule has 0 bridgehead atoms. The Bertz CT molecular complexity index is 945. The van der Waals surface area contributed by atoms with Crippen LogP contribution in [0, 0.1) is 12.8 Å². The number of nitrogens with zero attached hydrogens (tertiary/aromatic N) is 2. The number of rotatable bonds is 5. The number of amides is 1. The Kier molecular flexibility index (Phi) is 5.50. The fourth-order valence-electron chi connectivity index (χ4n) is 3.93. The van der Waals surface area contributed by atoms with Gasteiger partial charge in [-0.2, -0.15) is 4.31 Å². The molecule has 2 aromatic heterocycles. The lowest BCUT2D eigenvalue weighted by Gasteiger charge is -2.39. The number of ether oxygens (including phenoxy) is 1. The molecule has 2 aliphatic rings. The second kappa shape index (κ2) is 7.90. The molecule has 1 N–H and O–H groups in total. The van der Waals surface area contributed by atoms with Gasteiger partial charge in [-0.15, -0.1) is 11.3 Å². The summed E-state index contributed by atoms with van der Waals surface area (Å²) in [5.74, 6) is -0.591. The summed E-state index contributed by atoms with van der Waals surface area (Å²) < 4.78 is 34.2. The molecule has 0 aromatic carbocycles. The average molecular weight is 422 g/mol. The maximum atomic E-state index is 13.3. The van der Waals surface area contributed by atoms with Crippen LogP contribution in [0.25, 0.3) is 0 Å². The predicted octanol–water partition coefficient (Wildman–Crippen LogP) is 1.94. The summed E-state index contributed by atoms with van der Waals surface area (Å²) in [4.78, 5) is 16.8. The molecule has 0 aliphatic carbocycles. The first-order valence-corrected chi connectivity index (χ1v) is 11.6. The van der Waals surface area contributed by atoms with Gasteiger partial charge in [-0.3, -0.25) is 9.78 Å². The predicted molar refractivity (Wildman–Crippen MR) is 105 cm³/mol. The van der Waals surface area contributed by atoms with Crippen LogP contribution in [0.15, 0.2) is 40.2 Å². The molecule has 7 nitrogen and oxygen atoms in total. The molecule has 28 heavy (non-hydrogen) atoms. The van der Waals surface area contributed by atoms with E-state index in [1.807, 2.05) is 18.2 Å². The Morgan fingerprint density at radius 3 is 3.00 bits per heavy atom. The van der Waals surface area contributed by atoms with Gasteiger partial charge in [0.15, 0.2) is 0 Å². The standard InChI is InChI=1S/C19H23N3O4S2/c1-13-5-8-27-19(13)28(24,25)22-12-15(9-17-16(22)4-7-26-17)18(23)21-11-14-3-2-6-20-10-14/h2-3,5-6,8,10,15-17H,4,7,9,11-12H2,1H3,(H,21,23)/t15-,16+,17+/m0/s1. The van der Waals surface area contributed by atoms with Crippen LogP contribution in [0.2, 0.25) is 0 Å². The van der Waals surface area contributed by atoms with Gasteiger partial charge in [-0.1, -0.05) is 6.07 Å². The number of hydrogen-bond acceptors (Lipinski definition) is 6. The molecule has 2 fully saturated rings. The van der Waals surface area contributed by atoms with Crippen molar-refractivity contribution in [2.24, 2.45) is 5.92 Å². The fraction of sp³-hybridized carbons (Fsp3) is 0.474. The Morgan fingerprint density at radius 2 is 2.29 bits per heavy atom. The Balaban J connectivity index is 1.53. The molecular weight excluding hydrogens is 398 g/mol. The number of piperidine rings is 1. The molecular formula is C19H23N3O4S2. The zero-order valence-corrected chi connectivity index (χ0v) is 17.2.